The monoisotopic (exact) mass is 316 g/mol. The zero-order valence-electron chi connectivity index (χ0n) is 12.9. The van der Waals surface area contributed by atoms with E-state index in [0.717, 1.165) is 6.29 Å². The molecule has 1 aromatic heterocycles. The van der Waals surface area contributed by atoms with Crippen LogP contribution < -0.4 is 10.3 Å². The normalized spacial score (nSPS) is 22.7. The lowest BCUT2D eigenvalue weighted by atomic mass is 9.94. The molecule has 120 valence electrons. The number of H-pyrrole nitrogens is 1. The molecule has 1 N–H and O–H groups in total. The Kier molecular flexibility index (Phi) is 3.75. The first kappa shape index (κ1) is 15.4. The van der Waals surface area contributed by atoms with Crippen molar-refractivity contribution >= 4 is 6.29 Å². The summed E-state index contributed by atoms with van der Waals surface area (Å²) >= 11 is 0. The molecule has 0 unspecified atom stereocenters. The molecular formula is C17H17FN2O3. The highest BCUT2D eigenvalue weighted by Crippen LogP contribution is 2.53. The number of carbonyl (C=O) groups is 1. The van der Waals surface area contributed by atoms with Crippen molar-refractivity contribution in [2.45, 2.75) is 25.7 Å². The Morgan fingerprint density at radius 2 is 2.26 bits per heavy atom. The third-order valence-electron chi connectivity index (χ3n) is 4.34. The fraction of sp³-hybridized carbons (Fsp3) is 0.353. The zero-order chi connectivity index (χ0) is 16.6. The average Bonchev–Trinajstić information content (AvgIpc) is 3.21. The minimum atomic E-state index is -0.576. The summed E-state index contributed by atoms with van der Waals surface area (Å²) in [4.78, 5) is 30.0. The molecule has 0 spiro atoms. The third kappa shape index (κ3) is 2.76. The molecule has 23 heavy (non-hydrogen) atoms. The van der Waals surface area contributed by atoms with Crippen LogP contribution in [-0.4, -0.2) is 22.9 Å². The van der Waals surface area contributed by atoms with E-state index in [-0.39, 0.29) is 29.7 Å². The fourth-order valence-corrected chi connectivity index (χ4v) is 2.98. The number of rotatable bonds is 5. The number of aryl methyl sites for hydroxylation is 2. The quantitative estimate of drug-likeness (QED) is 0.857. The van der Waals surface area contributed by atoms with Crippen LogP contribution in [0.4, 0.5) is 4.39 Å². The van der Waals surface area contributed by atoms with Crippen molar-refractivity contribution in [3.63, 3.8) is 0 Å². The lowest BCUT2D eigenvalue weighted by Gasteiger charge is -2.18. The highest BCUT2D eigenvalue weighted by atomic mass is 19.1. The number of hydrogen-bond donors (Lipinski definition) is 1. The van der Waals surface area contributed by atoms with E-state index in [4.69, 9.17) is 4.74 Å². The first-order chi connectivity index (χ1) is 11.0. The minimum absolute atomic E-state index is 0.133. The van der Waals surface area contributed by atoms with Crippen LogP contribution in [0.25, 0.3) is 0 Å². The molecule has 2 atom stereocenters. The Balaban J connectivity index is 1.88. The van der Waals surface area contributed by atoms with Crippen molar-refractivity contribution in [2.24, 2.45) is 5.92 Å². The van der Waals surface area contributed by atoms with Crippen LogP contribution in [0, 0.1) is 25.6 Å². The predicted octanol–water partition coefficient (Wildman–Crippen LogP) is 2.06. The van der Waals surface area contributed by atoms with Gasteiger partial charge in [0.15, 0.2) is 0 Å². The van der Waals surface area contributed by atoms with Gasteiger partial charge in [0.25, 0.3) is 5.56 Å². The van der Waals surface area contributed by atoms with Gasteiger partial charge in [-0.05, 0) is 38.0 Å². The van der Waals surface area contributed by atoms with Gasteiger partial charge in [-0.2, -0.15) is 0 Å². The molecule has 0 radical (unpaired) electrons. The van der Waals surface area contributed by atoms with Crippen LogP contribution in [0.1, 0.15) is 23.5 Å². The number of ether oxygens (including phenoxy) is 1. The summed E-state index contributed by atoms with van der Waals surface area (Å²) in [6, 6.07) is 6.16. The van der Waals surface area contributed by atoms with Crippen molar-refractivity contribution in [3.05, 3.63) is 57.5 Å². The predicted molar refractivity (Wildman–Crippen MR) is 82.1 cm³/mol. The molecule has 1 heterocycles. The molecule has 1 saturated carbocycles. The minimum Gasteiger partial charge on any atom is -0.486 e. The standard InChI is InChI=1S/C17H17FN2O3/c1-10-15(16(22)20-11(2)19-10)23-9-17(7-13(17)8-21)12-4-3-5-14(18)6-12/h3-6,8,13H,7,9H2,1-2H3,(H,19,20,22)/t13-,17+/m0/s1. The van der Waals surface area contributed by atoms with E-state index < -0.39 is 5.41 Å². The Morgan fingerprint density at radius 1 is 1.48 bits per heavy atom. The first-order valence-electron chi connectivity index (χ1n) is 7.38. The van der Waals surface area contributed by atoms with Gasteiger partial charge >= 0.3 is 0 Å². The topological polar surface area (TPSA) is 72.0 Å². The van der Waals surface area contributed by atoms with Crippen LogP contribution >= 0.6 is 0 Å². The second kappa shape index (κ2) is 5.61. The number of nitrogens with zero attached hydrogens (tertiary/aromatic N) is 1. The maximum absolute atomic E-state index is 13.5. The van der Waals surface area contributed by atoms with E-state index in [2.05, 4.69) is 9.97 Å². The summed E-state index contributed by atoms with van der Waals surface area (Å²) in [5, 5.41) is 0. The maximum Gasteiger partial charge on any atom is 0.293 e. The van der Waals surface area contributed by atoms with Gasteiger partial charge in [-0.15, -0.1) is 0 Å². The van der Waals surface area contributed by atoms with E-state index >= 15 is 0 Å². The molecule has 0 amide bonds. The van der Waals surface area contributed by atoms with Crippen LogP contribution in [0.3, 0.4) is 0 Å². The van der Waals surface area contributed by atoms with Crippen LogP contribution in [0.5, 0.6) is 5.75 Å². The van der Waals surface area contributed by atoms with Gasteiger partial charge in [-0.25, -0.2) is 9.37 Å². The second-order valence-electron chi connectivity index (χ2n) is 5.97. The van der Waals surface area contributed by atoms with Crippen molar-refractivity contribution in [2.75, 3.05) is 6.61 Å². The first-order valence-corrected chi connectivity index (χ1v) is 7.38. The van der Waals surface area contributed by atoms with E-state index in [0.29, 0.717) is 23.5 Å². The van der Waals surface area contributed by atoms with Gasteiger partial charge < -0.3 is 14.5 Å². The summed E-state index contributed by atoms with van der Waals surface area (Å²) in [7, 11) is 0. The van der Waals surface area contributed by atoms with Gasteiger partial charge in [0, 0.05) is 11.3 Å². The number of aromatic amines is 1. The summed E-state index contributed by atoms with van der Waals surface area (Å²) in [5.74, 6) is 0.0614. The van der Waals surface area contributed by atoms with E-state index in [1.807, 2.05) is 0 Å². The number of hydrogen-bond acceptors (Lipinski definition) is 4. The number of aldehydes is 1. The van der Waals surface area contributed by atoms with Crippen molar-refractivity contribution in [3.8, 4) is 5.75 Å². The van der Waals surface area contributed by atoms with Crippen molar-refractivity contribution < 1.29 is 13.9 Å². The molecule has 1 aliphatic rings. The second-order valence-corrected chi connectivity index (χ2v) is 5.97. The van der Waals surface area contributed by atoms with Crippen molar-refractivity contribution in [1.82, 2.24) is 9.97 Å². The molecule has 1 fully saturated rings. The van der Waals surface area contributed by atoms with Crippen molar-refractivity contribution in [1.29, 1.82) is 0 Å². The number of nitrogens with one attached hydrogen (secondary N) is 1. The number of benzene rings is 1. The third-order valence-corrected chi connectivity index (χ3v) is 4.34. The molecule has 0 saturated heterocycles. The van der Waals surface area contributed by atoms with E-state index in [9.17, 15) is 14.0 Å². The largest absolute Gasteiger partial charge is 0.486 e. The van der Waals surface area contributed by atoms with Crippen LogP contribution in [-0.2, 0) is 10.2 Å². The summed E-state index contributed by atoms with van der Waals surface area (Å²) in [5.41, 5.74) is 0.272. The Morgan fingerprint density at radius 3 is 2.87 bits per heavy atom. The molecular weight excluding hydrogens is 299 g/mol. The molecule has 3 rings (SSSR count). The van der Waals surface area contributed by atoms with Gasteiger partial charge in [0.2, 0.25) is 5.75 Å². The van der Waals surface area contributed by atoms with Gasteiger partial charge in [0.1, 0.15) is 17.9 Å². The lowest BCUT2D eigenvalue weighted by Crippen LogP contribution is -2.25. The lowest BCUT2D eigenvalue weighted by molar-refractivity contribution is -0.109. The molecule has 0 aliphatic heterocycles. The molecule has 1 aromatic carbocycles. The SMILES string of the molecule is Cc1nc(C)c(OC[C@@]2(c3cccc(F)c3)C[C@H]2C=O)c(=O)[nH]1. The number of halogens is 1. The van der Waals surface area contributed by atoms with Gasteiger partial charge in [-0.1, -0.05) is 12.1 Å². The Hall–Kier alpha value is -2.50. The number of aromatic nitrogens is 2. The Bertz CT molecular complexity index is 818. The van der Waals surface area contributed by atoms with Crippen LogP contribution in [0.2, 0.25) is 0 Å². The molecule has 2 aromatic rings. The summed E-state index contributed by atoms with van der Waals surface area (Å²) in [6.07, 6.45) is 1.44. The smallest absolute Gasteiger partial charge is 0.293 e. The van der Waals surface area contributed by atoms with Gasteiger partial charge in [-0.3, -0.25) is 4.79 Å². The fourth-order valence-electron chi connectivity index (χ4n) is 2.98. The molecule has 1 aliphatic carbocycles. The molecule has 0 bridgehead atoms. The summed E-state index contributed by atoms with van der Waals surface area (Å²) < 4.78 is 19.2. The zero-order valence-corrected chi connectivity index (χ0v) is 12.9. The highest BCUT2D eigenvalue weighted by molar-refractivity contribution is 5.64. The molecule has 6 heteroatoms. The number of carbonyl (C=O) groups excluding carboxylic acids is 1. The average molecular weight is 316 g/mol. The van der Waals surface area contributed by atoms with Crippen LogP contribution in [0.15, 0.2) is 29.1 Å². The summed E-state index contributed by atoms with van der Waals surface area (Å²) in [6.45, 7) is 3.51. The molecule has 5 nitrogen and oxygen atoms in total. The van der Waals surface area contributed by atoms with Gasteiger partial charge in [0.05, 0.1) is 12.3 Å². The maximum atomic E-state index is 13.5. The Labute approximate surface area is 132 Å². The van der Waals surface area contributed by atoms with E-state index in [1.165, 1.54) is 12.1 Å². The van der Waals surface area contributed by atoms with E-state index in [1.54, 1.807) is 26.0 Å². The highest BCUT2D eigenvalue weighted by Gasteiger charge is 2.56.